The molecular weight excluding hydrogens is 246 g/mol. The number of pyridine rings is 1. The molecule has 5 nitrogen and oxygen atoms in total. The molecular formula is C12H17N5S. The second-order valence-corrected chi connectivity index (χ2v) is 5.18. The number of anilines is 1. The Kier molecular flexibility index (Phi) is 3.90. The Morgan fingerprint density at radius 2 is 2.22 bits per heavy atom. The Labute approximate surface area is 110 Å². The Hall–Kier alpha value is -1.50. The predicted molar refractivity (Wildman–Crippen MR) is 74.0 cm³/mol. The van der Waals surface area contributed by atoms with Gasteiger partial charge in [-0.25, -0.2) is 9.97 Å². The number of rotatable bonds is 4. The number of nitrogens with zero attached hydrogens (tertiary/aromatic N) is 2. The average molecular weight is 263 g/mol. The van der Waals surface area contributed by atoms with E-state index >= 15 is 0 Å². The van der Waals surface area contributed by atoms with Gasteiger partial charge in [0.05, 0.1) is 11.0 Å². The highest BCUT2D eigenvalue weighted by Gasteiger charge is 2.18. The number of nitrogen functional groups attached to an aromatic ring is 1. The number of hydrogen-bond acceptors (Lipinski definition) is 6. The van der Waals surface area contributed by atoms with Gasteiger partial charge in [-0.2, -0.15) is 0 Å². The van der Waals surface area contributed by atoms with E-state index in [0.717, 1.165) is 21.8 Å². The van der Waals surface area contributed by atoms with E-state index in [1.165, 1.54) is 0 Å². The van der Waals surface area contributed by atoms with Crippen molar-refractivity contribution in [2.24, 2.45) is 5.84 Å². The largest absolute Gasteiger partial charge is 0.383 e. The Bertz CT molecular complexity index is 517. The second kappa shape index (κ2) is 5.43. The number of nitrogens with two attached hydrogens (primary N) is 2. The van der Waals surface area contributed by atoms with Crippen molar-refractivity contribution in [1.82, 2.24) is 15.4 Å². The molecule has 2 aromatic heterocycles. The zero-order chi connectivity index (χ0) is 13.1. The van der Waals surface area contributed by atoms with Gasteiger partial charge in [0.1, 0.15) is 5.82 Å². The molecule has 0 saturated heterocycles. The summed E-state index contributed by atoms with van der Waals surface area (Å²) >= 11 is 1.63. The first-order valence-corrected chi connectivity index (χ1v) is 6.58. The first kappa shape index (κ1) is 12.9. The molecule has 0 bridgehead atoms. The van der Waals surface area contributed by atoms with Crippen molar-refractivity contribution in [2.75, 3.05) is 5.73 Å². The van der Waals surface area contributed by atoms with E-state index in [9.17, 15) is 0 Å². The molecule has 0 aliphatic heterocycles. The monoisotopic (exact) mass is 263 g/mol. The van der Waals surface area contributed by atoms with Crippen LogP contribution in [0.15, 0.2) is 17.6 Å². The standard InChI is InChI=1S/C12H17N5S/c1-7-3-4-15-12(13)11(7)9(17-14)5-10-16-8(2)6-18-10/h3-4,6,9,17H,5,14H2,1-2H3,(H2,13,15). The summed E-state index contributed by atoms with van der Waals surface area (Å²) in [4.78, 5) is 8.57. The van der Waals surface area contributed by atoms with E-state index in [-0.39, 0.29) is 6.04 Å². The van der Waals surface area contributed by atoms with Crippen molar-refractivity contribution in [3.63, 3.8) is 0 Å². The highest BCUT2D eigenvalue weighted by atomic mass is 32.1. The highest BCUT2D eigenvalue weighted by molar-refractivity contribution is 7.09. The van der Waals surface area contributed by atoms with E-state index in [1.54, 1.807) is 17.5 Å². The second-order valence-electron chi connectivity index (χ2n) is 4.23. The molecule has 2 rings (SSSR count). The summed E-state index contributed by atoms with van der Waals surface area (Å²) < 4.78 is 0. The molecule has 1 atom stereocenters. The van der Waals surface area contributed by atoms with Crippen molar-refractivity contribution < 1.29 is 0 Å². The smallest absolute Gasteiger partial charge is 0.128 e. The van der Waals surface area contributed by atoms with Gasteiger partial charge < -0.3 is 5.73 Å². The first-order chi connectivity index (χ1) is 8.61. The van der Waals surface area contributed by atoms with Gasteiger partial charge in [-0.3, -0.25) is 11.3 Å². The molecule has 0 aliphatic carbocycles. The van der Waals surface area contributed by atoms with Crippen LogP contribution in [0.2, 0.25) is 0 Å². The molecule has 2 heterocycles. The zero-order valence-electron chi connectivity index (χ0n) is 10.5. The molecule has 2 aromatic rings. The molecule has 0 aromatic carbocycles. The predicted octanol–water partition coefficient (Wildman–Crippen LogP) is 1.48. The lowest BCUT2D eigenvalue weighted by Gasteiger charge is -2.18. The maximum atomic E-state index is 5.93. The molecule has 0 fully saturated rings. The Balaban J connectivity index is 2.28. The van der Waals surface area contributed by atoms with Crippen LogP contribution in [-0.4, -0.2) is 9.97 Å². The molecule has 0 spiro atoms. The van der Waals surface area contributed by atoms with Crippen LogP contribution in [0.1, 0.15) is 27.9 Å². The van der Waals surface area contributed by atoms with Crippen LogP contribution in [0, 0.1) is 13.8 Å². The normalized spacial score (nSPS) is 12.6. The van der Waals surface area contributed by atoms with E-state index in [1.807, 2.05) is 25.3 Å². The van der Waals surface area contributed by atoms with Crippen LogP contribution < -0.4 is 17.0 Å². The van der Waals surface area contributed by atoms with Crippen molar-refractivity contribution in [3.05, 3.63) is 39.5 Å². The van der Waals surface area contributed by atoms with E-state index in [0.29, 0.717) is 12.2 Å². The van der Waals surface area contributed by atoms with Crippen LogP contribution in [0.3, 0.4) is 0 Å². The molecule has 18 heavy (non-hydrogen) atoms. The summed E-state index contributed by atoms with van der Waals surface area (Å²) in [5.74, 6) is 6.16. The topological polar surface area (TPSA) is 89.8 Å². The summed E-state index contributed by atoms with van der Waals surface area (Å²) in [6.07, 6.45) is 2.42. The third-order valence-electron chi connectivity index (χ3n) is 2.83. The lowest BCUT2D eigenvalue weighted by atomic mass is 10.0. The summed E-state index contributed by atoms with van der Waals surface area (Å²) in [5.41, 5.74) is 11.8. The fraction of sp³-hybridized carbons (Fsp3) is 0.333. The van der Waals surface area contributed by atoms with E-state index in [4.69, 9.17) is 11.6 Å². The average Bonchev–Trinajstić information content (AvgIpc) is 2.73. The van der Waals surface area contributed by atoms with Crippen LogP contribution >= 0.6 is 11.3 Å². The number of aryl methyl sites for hydroxylation is 2. The minimum absolute atomic E-state index is 0.0655. The maximum Gasteiger partial charge on any atom is 0.128 e. The van der Waals surface area contributed by atoms with Gasteiger partial charge in [0, 0.05) is 29.3 Å². The third kappa shape index (κ3) is 2.66. The summed E-state index contributed by atoms with van der Waals surface area (Å²) in [5, 5.41) is 3.07. The lowest BCUT2D eigenvalue weighted by Crippen LogP contribution is -2.31. The third-order valence-corrected chi connectivity index (χ3v) is 3.82. The number of hydrogen-bond donors (Lipinski definition) is 3. The quantitative estimate of drug-likeness (QED) is 0.574. The molecule has 0 amide bonds. The van der Waals surface area contributed by atoms with Crippen molar-refractivity contribution in [3.8, 4) is 0 Å². The minimum atomic E-state index is -0.0655. The van der Waals surface area contributed by atoms with Crippen molar-refractivity contribution in [1.29, 1.82) is 0 Å². The van der Waals surface area contributed by atoms with Gasteiger partial charge in [-0.15, -0.1) is 11.3 Å². The summed E-state index contributed by atoms with van der Waals surface area (Å²) in [6, 6.07) is 1.87. The van der Waals surface area contributed by atoms with Gasteiger partial charge in [0.15, 0.2) is 0 Å². The van der Waals surface area contributed by atoms with Crippen LogP contribution in [0.5, 0.6) is 0 Å². The molecule has 96 valence electrons. The van der Waals surface area contributed by atoms with Crippen LogP contribution in [0.4, 0.5) is 5.82 Å². The molecule has 6 heteroatoms. The zero-order valence-corrected chi connectivity index (χ0v) is 11.3. The Morgan fingerprint density at radius 1 is 1.44 bits per heavy atom. The van der Waals surface area contributed by atoms with Gasteiger partial charge in [0.2, 0.25) is 0 Å². The molecule has 0 radical (unpaired) electrons. The van der Waals surface area contributed by atoms with Gasteiger partial charge >= 0.3 is 0 Å². The summed E-state index contributed by atoms with van der Waals surface area (Å²) in [6.45, 7) is 3.99. The van der Waals surface area contributed by atoms with Gasteiger partial charge in [-0.05, 0) is 25.5 Å². The molecule has 0 saturated carbocycles. The van der Waals surface area contributed by atoms with E-state index in [2.05, 4.69) is 15.4 Å². The summed E-state index contributed by atoms with van der Waals surface area (Å²) in [7, 11) is 0. The van der Waals surface area contributed by atoms with Crippen LogP contribution in [-0.2, 0) is 6.42 Å². The number of thiazole rings is 1. The SMILES string of the molecule is Cc1csc(CC(NN)c2c(C)ccnc2N)n1. The highest BCUT2D eigenvalue weighted by Crippen LogP contribution is 2.26. The fourth-order valence-corrected chi connectivity index (χ4v) is 2.78. The number of nitrogens with one attached hydrogen (secondary N) is 1. The minimum Gasteiger partial charge on any atom is -0.383 e. The Morgan fingerprint density at radius 3 is 2.78 bits per heavy atom. The molecule has 5 N–H and O–H groups in total. The van der Waals surface area contributed by atoms with Gasteiger partial charge in [0.25, 0.3) is 0 Å². The number of aromatic nitrogens is 2. The number of hydrazine groups is 1. The lowest BCUT2D eigenvalue weighted by molar-refractivity contribution is 0.548. The van der Waals surface area contributed by atoms with Crippen LogP contribution in [0.25, 0.3) is 0 Å². The van der Waals surface area contributed by atoms with E-state index < -0.39 is 0 Å². The fourth-order valence-electron chi connectivity index (χ4n) is 1.96. The van der Waals surface area contributed by atoms with Crippen molar-refractivity contribution in [2.45, 2.75) is 26.3 Å². The molecule has 1 unspecified atom stereocenters. The molecule has 0 aliphatic rings. The van der Waals surface area contributed by atoms with Gasteiger partial charge in [-0.1, -0.05) is 0 Å². The first-order valence-electron chi connectivity index (χ1n) is 5.70. The maximum absolute atomic E-state index is 5.93. The van der Waals surface area contributed by atoms with Crippen molar-refractivity contribution >= 4 is 17.2 Å².